The van der Waals surface area contributed by atoms with Gasteiger partial charge in [-0.2, -0.15) is 0 Å². The molecule has 0 aromatic heterocycles. The summed E-state index contributed by atoms with van der Waals surface area (Å²) in [5.41, 5.74) is 0.686. The van der Waals surface area contributed by atoms with Crippen molar-refractivity contribution < 1.29 is 14.3 Å². The van der Waals surface area contributed by atoms with Crippen LogP contribution in [-0.4, -0.2) is 18.2 Å². The lowest BCUT2D eigenvalue weighted by Gasteiger charge is -2.15. The van der Waals surface area contributed by atoms with Crippen molar-refractivity contribution in [3.63, 3.8) is 0 Å². The van der Waals surface area contributed by atoms with E-state index in [0.717, 1.165) is 0 Å². The van der Waals surface area contributed by atoms with Gasteiger partial charge in [-0.3, -0.25) is 9.59 Å². The number of carbonyl (C=O) groups excluding carboxylic acids is 2. The number of ether oxygens (including phenoxy) is 1. The van der Waals surface area contributed by atoms with E-state index in [2.05, 4.69) is 0 Å². The summed E-state index contributed by atoms with van der Waals surface area (Å²) in [6.45, 7) is 0.367. The lowest BCUT2D eigenvalue weighted by Crippen LogP contribution is -2.21. The van der Waals surface area contributed by atoms with Gasteiger partial charge in [0.1, 0.15) is 6.61 Å². The first-order valence-corrected chi connectivity index (χ1v) is 3.59. The standard InChI is InChI=1S/C9H6O3/c10-7-4-3-6-2-1-5-12-9(6)8(7)11/h1-4H,5H2. The summed E-state index contributed by atoms with van der Waals surface area (Å²) in [6, 6.07) is 0. The maximum absolute atomic E-state index is 11.1. The molecular formula is C9H6O3. The van der Waals surface area contributed by atoms with E-state index < -0.39 is 11.6 Å². The molecule has 0 saturated heterocycles. The SMILES string of the molecule is O=C1C=CC2=C(OCC=C2)C1=O. The van der Waals surface area contributed by atoms with Crippen molar-refractivity contribution in [2.75, 3.05) is 6.61 Å². The minimum Gasteiger partial charge on any atom is -0.485 e. The maximum atomic E-state index is 11.1. The molecule has 1 aliphatic heterocycles. The lowest BCUT2D eigenvalue weighted by molar-refractivity contribution is -0.133. The quantitative estimate of drug-likeness (QED) is 0.385. The van der Waals surface area contributed by atoms with Gasteiger partial charge in [-0.05, 0) is 18.2 Å². The van der Waals surface area contributed by atoms with Gasteiger partial charge in [0, 0.05) is 5.57 Å². The molecule has 0 amide bonds. The molecule has 1 heterocycles. The van der Waals surface area contributed by atoms with Crippen molar-refractivity contribution in [3.8, 4) is 0 Å². The van der Waals surface area contributed by atoms with Gasteiger partial charge < -0.3 is 4.74 Å². The van der Waals surface area contributed by atoms with Crippen LogP contribution in [0.3, 0.4) is 0 Å². The highest BCUT2D eigenvalue weighted by Crippen LogP contribution is 2.19. The molecule has 3 heteroatoms. The van der Waals surface area contributed by atoms with Crippen LogP contribution in [0.2, 0.25) is 0 Å². The summed E-state index contributed by atoms with van der Waals surface area (Å²) in [6.07, 6.45) is 6.43. The third kappa shape index (κ3) is 0.906. The highest BCUT2D eigenvalue weighted by molar-refractivity contribution is 6.48. The average Bonchev–Trinajstić information content (AvgIpc) is 2.12. The fraction of sp³-hybridized carbons (Fsp3) is 0.111. The molecule has 0 fully saturated rings. The van der Waals surface area contributed by atoms with Crippen LogP contribution < -0.4 is 0 Å². The topological polar surface area (TPSA) is 43.4 Å². The first-order valence-electron chi connectivity index (χ1n) is 3.59. The van der Waals surface area contributed by atoms with Gasteiger partial charge in [0.25, 0.3) is 5.78 Å². The van der Waals surface area contributed by atoms with Crippen molar-refractivity contribution in [1.82, 2.24) is 0 Å². The highest BCUT2D eigenvalue weighted by atomic mass is 16.5. The van der Waals surface area contributed by atoms with E-state index in [1.165, 1.54) is 6.08 Å². The predicted octanol–water partition coefficient (Wildman–Crippen LogP) is 0.535. The Morgan fingerprint density at radius 1 is 1.17 bits per heavy atom. The van der Waals surface area contributed by atoms with Crippen molar-refractivity contribution in [2.45, 2.75) is 0 Å². The van der Waals surface area contributed by atoms with E-state index >= 15 is 0 Å². The molecule has 0 atom stereocenters. The number of Topliss-reactive ketones (excluding diaryl/α,β-unsaturated/α-hetero) is 1. The smallest absolute Gasteiger partial charge is 0.267 e. The molecule has 0 aromatic carbocycles. The minimum absolute atomic E-state index is 0.185. The summed E-state index contributed by atoms with van der Waals surface area (Å²) in [4.78, 5) is 22.0. The predicted molar refractivity (Wildman–Crippen MR) is 41.3 cm³/mol. The fourth-order valence-electron chi connectivity index (χ4n) is 1.15. The Hall–Kier alpha value is -1.64. The van der Waals surface area contributed by atoms with Crippen LogP contribution in [0.4, 0.5) is 0 Å². The van der Waals surface area contributed by atoms with E-state index in [9.17, 15) is 9.59 Å². The first kappa shape index (κ1) is 7.03. The molecule has 0 saturated carbocycles. The minimum atomic E-state index is -0.545. The van der Waals surface area contributed by atoms with Gasteiger partial charge >= 0.3 is 0 Å². The molecule has 2 rings (SSSR count). The van der Waals surface area contributed by atoms with Crippen molar-refractivity contribution >= 4 is 11.6 Å². The summed E-state index contributed by atoms with van der Waals surface area (Å²) in [5, 5.41) is 0. The zero-order valence-corrected chi connectivity index (χ0v) is 6.24. The summed E-state index contributed by atoms with van der Waals surface area (Å²) in [5.74, 6) is -0.870. The Morgan fingerprint density at radius 2 is 2.00 bits per heavy atom. The molecule has 12 heavy (non-hydrogen) atoms. The van der Waals surface area contributed by atoms with Gasteiger partial charge in [0.2, 0.25) is 5.78 Å². The van der Waals surface area contributed by atoms with E-state index in [1.807, 2.05) is 0 Å². The van der Waals surface area contributed by atoms with Crippen molar-refractivity contribution in [3.05, 3.63) is 35.6 Å². The largest absolute Gasteiger partial charge is 0.485 e. The Morgan fingerprint density at radius 3 is 2.83 bits per heavy atom. The van der Waals surface area contributed by atoms with E-state index in [0.29, 0.717) is 12.2 Å². The van der Waals surface area contributed by atoms with E-state index in [1.54, 1.807) is 18.2 Å². The van der Waals surface area contributed by atoms with E-state index in [4.69, 9.17) is 4.74 Å². The van der Waals surface area contributed by atoms with Gasteiger partial charge in [-0.25, -0.2) is 0 Å². The van der Waals surface area contributed by atoms with Gasteiger partial charge in [0.15, 0.2) is 5.76 Å². The number of hydrogen-bond acceptors (Lipinski definition) is 3. The summed E-state index contributed by atoms with van der Waals surface area (Å²) in [7, 11) is 0. The van der Waals surface area contributed by atoms with Crippen LogP contribution in [0.25, 0.3) is 0 Å². The molecule has 0 spiro atoms. The van der Waals surface area contributed by atoms with Gasteiger partial charge in [-0.15, -0.1) is 0 Å². The molecule has 0 aromatic rings. The van der Waals surface area contributed by atoms with Crippen LogP contribution in [0, 0.1) is 0 Å². The maximum Gasteiger partial charge on any atom is 0.267 e. The first-order chi connectivity index (χ1) is 5.79. The number of allylic oxidation sites excluding steroid dienone is 5. The molecule has 0 unspecified atom stereocenters. The third-order valence-corrected chi connectivity index (χ3v) is 1.73. The molecule has 2 aliphatic rings. The fourth-order valence-corrected chi connectivity index (χ4v) is 1.15. The molecule has 1 aliphatic carbocycles. The lowest BCUT2D eigenvalue weighted by atomic mass is 10.0. The Balaban J connectivity index is 2.48. The number of carbonyl (C=O) groups is 2. The van der Waals surface area contributed by atoms with Crippen LogP contribution >= 0.6 is 0 Å². The Labute approximate surface area is 69.0 Å². The molecular weight excluding hydrogens is 156 g/mol. The average molecular weight is 162 g/mol. The number of ketones is 2. The molecule has 3 nitrogen and oxygen atoms in total. The van der Waals surface area contributed by atoms with Crippen LogP contribution in [0.5, 0.6) is 0 Å². The van der Waals surface area contributed by atoms with Gasteiger partial charge in [0.05, 0.1) is 0 Å². The molecule has 0 N–H and O–H groups in total. The van der Waals surface area contributed by atoms with Gasteiger partial charge in [-0.1, -0.05) is 6.08 Å². The van der Waals surface area contributed by atoms with Crippen LogP contribution in [0.1, 0.15) is 0 Å². The molecule has 0 bridgehead atoms. The zero-order chi connectivity index (χ0) is 8.55. The summed E-state index contributed by atoms with van der Waals surface area (Å²) < 4.78 is 5.04. The second-order valence-corrected chi connectivity index (χ2v) is 2.52. The summed E-state index contributed by atoms with van der Waals surface area (Å²) >= 11 is 0. The van der Waals surface area contributed by atoms with Crippen molar-refractivity contribution in [2.24, 2.45) is 0 Å². The van der Waals surface area contributed by atoms with Crippen LogP contribution in [-0.2, 0) is 14.3 Å². The molecule has 60 valence electrons. The van der Waals surface area contributed by atoms with Crippen LogP contribution in [0.15, 0.2) is 35.6 Å². The monoisotopic (exact) mass is 162 g/mol. The van der Waals surface area contributed by atoms with E-state index in [-0.39, 0.29) is 5.76 Å². The Kier molecular flexibility index (Phi) is 1.43. The second-order valence-electron chi connectivity index (χ2n) is 2.52. The zero-order valence-electron chi connectivity index (χ0n) is 6.24. The highest BCUT2D eigenvalue weighted by Gasteiger charge is 2.25. The number of rotatable bonds is 0. The Bertz CT molecular complexity index is 345. The second kappa shape index (κ2) is 2.44. The molecule has 0 radical (unpaired) electrons. The third-order valence-electron chi connectivity index (χ3n) is 1.73. The normalized spacial score (nSPS) is 21.0. The number of hydrogen-bond donors (Lipinski definition) is 0. The van der Waals surface area contributed by atoms with Crippen molar-refractivity contribution in [1.29, 1.82) is 0 Å².